The van der Waals surface area contributed by atoms with E-state index in [1.165, 1.54) is 22.8 Å². The number of fused-ring (bicyclic) bond motifs is 1. The Morgan fingerprint density at radius 1 is 1.19 bits per heavy atom. The lowest BCUT2D eigenvalue weighted by Gasteiger charge is -2.24. The zero-order valence-electron chi connectivity index (χ0n) is 13.5. The van der Waals surface area contributed by atoms with E-state index in [2.05, 4.69) is 15.4 Å². The highest BCUT2D eigenvalue weighted by Crippen LogP contribution is 2.37. The first kappa shape index (κ1) is 16.3. The van der Waals surface area contributed by atoms with Gasteiger partial charge in [-0.3, -0.25) is 19.8 Å². The van der Waals surface area contributed by atoms with Crippen LogP contribution in [-0.2, 0) is 4.79 Å². The maximum Gasteiger partial charge on any atom is 0.275 e. The van der Waals surface area contributed by atoms with Gasteiger partial charge in [-0.2, -0.15) is 0 Å². The Hall–Kier alpha value is -3.13. The molecule has 26 heavy (non-hydrogen) atoms. The minimum atomic E-state index is -0.631. The molecule has 0 spiro atoms. The minimum absolute atomic E-state index is 0.0676. The first-order valence-electron chi connectivity index (χ1n) is 7.91. The van der Waals surface area contributed by atoms with Crippen molar-refractivity contribution < 1.29 is 9.59 Å². The first-order chi connectivity index (χ1) is 12.6. The van der Waals surface area contributed by atoms with Gasteiger partial charge in [-0.1, -0.05) is 30.3 Å². The third kappa shape index (κ3) is 2.95. The van der Waals surface area contributed by atoms with Gasteiger partial charge in [0.05, 0.1) is 5.75 Å². The number of aromatic amines is 1. The molecular weight excluding hydrogens is 352 g/mol. The molecule has 1 aliphatic heterocycles. The molecule has 7 nitrogen and oxygen atoms in total. The summed E-state index contributed by atoms with van der Waals surface area (Å²) in [6, 6.07) is 14.4. The van der Waals surface area contributed by atoms with E-state index in [1.54, 1.807) is 18.3 Å². The van der Waals surface area contributed by atoms with Crippen LogP contribution in [0.25, 0.3) is 11.0 Å². The van der Waals surface area contributed by atoms with Gasteiger partial charge in [0.25, 0.3) is 17.4 Å². The second-order valence-corrected chi connectivity index (χ2v) is 6.80. The summed E-state index contributed by atoms with van der Waals surface area (Å²) >= 11 is 1.42. The molecule has 1 fully saturated rings. The molecule has 0 radical (unpaired) electrons. The number of nitrogens with zero attached hydrogens (tertiary/aromatic N) is 2. The van der Waals surface area contributed by atoms with Crippen molar-refractivity contribution in [2.45, 2.75) is 5.37 Å². The van der Waals surface area contributed by atoms with Gasteiger partial charge in [-0.25, -0.2) is 9.99 Å². The molecule has 0 saturated carbocycles. The van der Waals surface area contributed by atoms with Crippen molar-refractivity contribution in [3.63, 3.8) is 0 Å². The Balaban J connectivity index is 1.64. The molecule has 1 unspecified atom stereocenters. The zero-order chi connectivity index (χ0) is 18.1. The van der Waals surface area contributed by atoms with Gasteiger partial charge < -0.3 is 4.98 Å². The predicted octanol–water partition coefficient (Wildman–Crippen LogP) is 1.84. The summed E-state index contributed by atoms with van der Waals surface area (Å²) < 4.78 is 0. The normalized spacial score (nSPS) is 16.8. The maximum atomic E-state index is 12.6. The average Bonchev–Trinajstić information content (AvgIpc) is 3.02. The van der Waals surface area contributed by atoms with E-state index in [1.807, 2.05) is 30.3 Å². The number of benzene rings is 1. The number of nitrogens with one attached hydrogen (secondary N) is 2. The predicted molar refractivity (Wildman–Crippen MR) is 98.3 cm³/mol. The SMILES string of the molecule is O=C(NN1C(=O)CSC1c1ccccc1)c1cc2cccnc2[nH]c1=O. The lowest BCUT2D eigenvalue weighted by atomic mass is 10.2. The van der Waals surface area contributed by atoms with E-state index in [9.17, 15) is 14.4 Å². The fraction of sp³-hybridized carbons (Fsp3) is 0.111. The molecule has 0 bridgehead atoms. The summed E-state index contributed by atoms with van der Waals surface area (Å²) in [6.07, 6.45) is 1.56. The smallest absolute Gasteiger partial charge is 0.275 e. The topological polar surface area (TPSA) is 95.2 Å². The summed E-state index contributed by atoms with van der Waals surface area (Å²) in [4.78, 5) is 43.7. The van der Waals surface area contributed by atoms with Crippen LogP contribution >= 0.6 is 11.8 Å². The summed E-state index contributed by atoms with van der Waals surface area (Å²) in [7, 11) is 0. The molecule has 2 N–H and O–H groups in total. The monoisotopic (exact) mass is 366 g/mol. The van der Waals surface area contributed by atoms with E-state index in [0.29, 0.717) is 11.0 Å². The molecule has 2 amide bonds. The van der Waals surface area contributed by atoms with Crippen molar-refractivity contribution in [2.24, 2.45) is 0 Å². The molecule has 1 saturated heterocycles. The second-order valence-electron chi connectivity index (χ2n) is 5.73. The van der Waals surface area contributed by atoms with Gasteiger partial charge in [0, 0.05) is 11.6 Å². The van der Waals surface area contributed by atoms with Crippen LogP contribution in [-0.4, -0.2) is 32.5 Å². The van der Waals surface area contributed by atoms with Crippen LogP contribution in [0.5, 0.6) is 0 Å². The number of H-pyrrole nitrogens is 1. The number of aromatic nitrogens is 2. The molecule has 4 rings (SSSR count). The first-order valence-corrected chi connectivity index (χ1v) is 8.96. The number of carbonyl (C=O) groups is 2. The number of pyridine rings is 2. The van der Waals surface area contributed by atoms with Crippen molar-refractivity contribution in [3.8, 4) is 0 Å². The maximum absolute atomic E-state index is 12.6. The highest BCUT2D eigenvalue weighted by Gasteiger charge is 2.34. The number of hydrazine groups is 1. The quantitative estimate of drug-likeness (QED) is 0.738. The van der Waals surface area contributed by atoms with E-state index < -0.39 is 11.5 Å². The molecule has 3 heterocycles. The van der Waals surface area contributed by atoms with Gasteiger partial charge >= 0.3 is 0 Å². The number of carbonyl (C=O) groups excluding carboxylic acids is 2. The summed E-state index contributed by atoms with van der Waals surface area (Å²) in [5.41, 5.74) is 3.27. The summed E-state index contributed by atoms with van der Waals surface area (Å²) in [5, 5.41) is 1.60. The Morgan fingerprint density at radius 3 is 2.81 bits per heavy atom. The van der Waals surface area contributed by atoms with Gasteiger partial charge in [0.1, 0.15) is 16.6 Å². The molecule has 0 aliphatic carbocycles. The van der Waals surface area contributed by atoms with E-state index in [0.717, 1.165) is 5.56 Å². The van der Waals surface area contributed by atoms with Crippen LogP contribution in [0.1, 0.15) is 21.3 Å². The third-order valence-corrected chi connectivity index (χ3v) is 5.25. The summed E-state index contributed by atoms with van der Waals surface area (Å²) in [6.45, 7) is 0. The van der Waals surface area contributed by atoms with Gasteiger partial charge in [0.2, 0.25) is 0 Å². The van der Waals surface area contributed by atoms with Gasteiger partial charge in [0.15, 0.2) is 0 Å². The van der Waals surface area contributed by atoms with Crippen molar-refractivity contribution >= 4 is 34.6 Å². The Bertz CT molecular complexity index is 1050. The van der Waals surface area contributed by atoms with Crippen LogP contribution in [0.15, 0.2) is 59.5 Å². The van der Waals surface area contributed by atoms with Crippen molar-refractivity contribution in [1.29, 1.82) is 0 Å². The van der Waals surface area contributed by atoms with Gasteiger partial charge in [-0.15, -0.1) is 11.8 Å². The van der Waals surface area contributed by atoms with Crippen LogP contribution in [0.2, 0.25) is 0 Å². The van der Waals surface area contributed by atoms with Crippen LogP contribution in [0.4, 0.5) is 0 Å². The van der Waals surface area contributed by atoms with Crippen LogP contribution in [0.3, 0.4) is 0 Å². The second kappa shape index (κ2) is 6.64. The van der Waals surface area contributed by atoms with E-state index in [4.69, 9.17) is 0 Å². The molecule has 3 aromatic rings. The highest BCUT2D eigenvalue weighted by atomic mass is 32.2. The number of thioether (sulfide) groups is 1. The molecule has 8 heteroatoms. The number of hydrogen-bond acceptors (Lipinski definition) is 5. The van der Waals surface area contributed by atoms with Crippen molar-refractivity contribution in [1.82, 2.24) is 20.4 Å². The fourth-order valence-corrected chi connectivity index (χ4v) is 3.89. The fourth-order valence-electron chi connectivity index (χ4n) is 2.78. The molecule has 1 aliphatic rings. The molecule has 1 atom stereocenters. The Labute approximate surface area is 152 Å². The molecule has 2 aromatic heterocycles. The molecule has 1 aromatic carbocycles. The van der Waals surface area contributed by atoms with E-state index >= 15 is 0 Å². The van der Waals surface area contributed by atoms with Crippen LogP contribution in [0, 0.1) is 0 Å². The lowest BCUT2D eigenvalue weighted by Crippen LogP contribution is -2.45. The minimum Gasteiger partial charge on any atom is -0.306 e. The number of rotatable bonds is 3. The van der Waals surface area contributed by atoms with Crippen molar-refractivity contribution in [2.75, 3.05) is 5.75 Å². The Kier molecular flexibility index (Phi) is 4.18. The van der Waals surface area contributed by atoms with Gasteiger partial charge in [-0.05, 0) is 23.8 Å². The van der Waals surface area contributed by atoms with Crippen molar-refractivity contribution in [3.05, 3.63) is 76.2 Å². The van der Waals surface area contributed by atoms with Crippen LogP contribution < -0.4 is 11.0 Å². The molecule has 130 valence electrons. The summed E-state index contributed by atoms with van der Waals surface area (Å²) in [5.74, 6) is -0.581. The number of hydrogen-bond donors (Lipinski definition) is 2. The Morgan fingerprint density at radius 2 is 2.00 bits per heavy atom. The van der Waals surface area contributed by atoms with E-state index in [-0.39, 0.29) is 22.6 Å². The highest BCUT2D eigenvalue weighted by molar-refractivity contribution is 8.00. The molecular formula is C18H14N4O3S. The zero-order valence-corrected chi connectivity index (χ0v) is 14.3. The third-order valence-electron chi connectivity index (χ3n) is 4.03. The average molecular weight is 366 g/mol. The standard InChI is InChI=1S/C18H14N4O3S/c23-14-10-26-18(11-5-2-1-3-6-11)22(14)21-17(25)13-9-12-7-4-8-19-15(12)20-16(13)24/h1-9,18H,10H2,(H,21,25)(H,19,20,24). The lowest BCUT2D eigenvalue weighted by molar-refractivity contribution is -0.130. The largest absolute Gasteiger partial charge is 0.306 e. The number of amides is 2.